The molecule has 0 spiro atoms. The third-order valence-corrected chi connectivity index (χ3v) is 4.41. The molecule has 0 fully saturated rings. The van der Waals surface area contributed by atoms with Crippen LogP contribution in [-0.4, -0.2) is 46.5 Å². The van der Waals surface area contributed by atoms with Gasteiger partial charge in [-0.3, -0.25) is 4.79 Å². The third-order valence-electron chi connectivity index (χ3n) is 4.41. The minimum absolute atomic E-state index is 0.0164. The number of hydrogen-bond acceptors (Lipinski definition) is 3. The third kappa shape index (κ3) is 6.13. The van der Waals surface area contributed by atoms with Crippen molar-refractivity contribution in [3.05, 3.63) is 48.5 Å². The maximum atomic E-state index is 12.6. The first kappa shape index (κ1) is 20.5. The van der Waals surface area contributed by atoms with Crippen LogP contribution in [0.1, 0.15) is 26.3 Å². The van der Waals surface area contributed by atoms with Gasteiger partial charge in [0, 0.05) is 38.7 Å². The minimum Gasteiger partial charge on any atom is -0.349 e. The number of likely N-dealkylation sites (N-methyl/N-ethyl adjacent to an activating group) is 1. The van der Waals surface area contributed by atoms with Crippen molar-refractivity contribution in [2.24, 2.45) is 5.41 Å². The zero-order valence-corrected chi connectivity index (χ0v) is 16.7. The highest BCUT2D eigenvalue weighted by Crippen LogP contribution is 2.21. The van der Waals surface area contributed by atoms with E-state index in [1.165, 1.54) is 4.90 Å². The van der Waals surface area contributed by atoms with Crippen LogP contribution in [0.2, 0.25) is 0 Å². The van der Waals surface area contributed by atoms with Crippen molar-refractivity contribution >= 4 is 17.6 Å². The molecule has 1 aromatic carbocycles. The van der Waals surface area contributed by atoms with E-state index >= 15 is 0 Å². The van der Waals surface area contributed by atoms with Crippen molar-refractivity contribution in [3.63, 3.8) is 0 Å². The number of nitrogens with zero attached hydrogens (tertiary/aromatic N) is 3. The van der Waals surface area contributed by atoms with Gasteiger partial charge in [0.05, 0.1) is 18.8 Å². The second kappa shape index (κ2) is 8.70. The molecule has 146 valence electrons. The number of urea groups is 1. The molecule has 0 aliphatic carbocycles. The van der Waals surface area contributed by atoms with Gasteiger partial charge >= 0.3 is 6.03 Å². The van der Waals surface area contributed by atoms with Crippen LogP contribution < -0.4 is 10.6 Å². The maximum absolute atomic E-state index is 12.6. The van der Waals surface area contributed by atoms with Gasteiger partial charge in [-0.05, 0) is 17.0 Å². The molecule has 1 unspecified atom stereocenters. The Morgan fingerprint density at radius 2 is 1.93 bits per heavy atom. The molecule has 0 aliphatic rings. The summed E-state index contributed by atoms with van der Waals surface area (Å²) in [6.07, 6.45) is 5.57. The fourth-order valence-electron chi connectivity index (χ4n) is 2.58. The van der Waals surface area contributed by atoms with Gasteiger partial charge in [0.1, 0.15) is 0 Å². The van der Waals surface area contributed by atoms with Crippen molar-refractivity contribution in [1.82, 2.24) is 19.8 Å². The summed E-state index contributed by atoms with van der Waals surface area (Å²) in [5.74, 6) is -0.0164. The van der Waals surface area contributed by atoms with Crippen molar-refractivity contribution in [2.45, 2.75) is 39.8 Å². The zero-order valence-electron chi connectivity index (χ0n) is 16.7. The number of carbonyl (C=O) groups excluding carboxylic acids is 2. The number of imidazole rings is 1. The Morgan fingerprint density at radius 3 is 2.52 bits per heavy atom. The topological polar surface area (TPSA) is 79.3 Å². The summed E-state index contributed by atoms with van der Waals surface area (Å²) in [6.45, 7) is 6.87. The summed E-state index contributed by atoms with van der Waals surface area (Å²) >= 11 is 0. The quantitative estimate of drug-likeness (QED) is 0.819. The lowest BCUT2D eigenvalue weighted by molar-refractivity contribution is -0.127. The van der Waals surface area contributed by atoms with Crippen molar-refractivity contribution in [3.8, 4) is 0 Å². The highest BCUT2D eigenvalue weighted by Gasteiger charge is 2.27. The largest absolute Gasteiger partial charge is 0.349 e. The van der Waals surface area contributed by atoms with Crippen molar-refractivity contribution < 1.29 is 9.59 Å². The van der Waals surface area contributed by atoms with Crippen LogP contribution in [0.5, 0.6) is 0 Å². The number of anilines is 1. The second-order valence-corrected chi connectivity index (χ2v) is 7.90. The SMILES string of the molecule is CN(C)C(=O)Cc1ccccc1NC(=O)NC(Cn1ccnc1)C(C)(C)C. The smallest absolute Gasteiger partial charge is 0.319 e. The molecule has 7 heteroatoms. The lowest BCUT2D eigenvalue weighted by Gasteiger charge is -2.32. The lowest BCUT2D eigenvalue weighted by atomic mass is 9.86. The average molecular weight is 371 g/mol. The number of nitrogens with one attached hydrogen (secondary N) is 2. The highest BCUT2D eigenvalue weighted by molar-refractivity contribution is 5.91. The summed E-state index contributed by atoms with van der Waals surface area (Å²) in [5, 5.41) is 5.94. The molecular weight excluding hydrogens is 342 g/mol. The number of amides is 3. The predicted molar refractivity (Wildman–Crippen MR) is 106 cm³/mol. The Morgan fingerprint density at radius 1 is 1.22 bits per heavy atom. The van der Waals surface area contributed by atoms with Gasteiger partial charge in [-0.1, -0.05) is 39.0 Å². The fourth-order valence-corrected chi connectivity index (χ4v) is 2.58. The Bertz CT molecular complexity index is 763. The molecule has 1 aromatic heterocycles. The summed E-state index contributed by atoms with van der Waals surface area (Å²) in [5.41, 5.74) is 1.29. The summed E-state index contributed by atoms with van der Waals surface area (Å²) in [7, 11) is 3.43. The van der Waals surface area contributed by atoms with Crippen molar-refractivity contribution in [2.75, 3.05) is 19.4 Å². The summed E-state index contributed by atoms with van der Waals surface area (Å²) < 4.78 is 1.94. The molecule has 0 bridgehead atoms. The Hall–Kier alpha value is -2.83. The average Bonchev–Trinajstić information content (AvgIpc) is 3.08. The molecule has 2 N–H and O–H groups in total. The molecule has 7 nitrogen and oxygen atoms in total. The number of carbonyl (C=O) groups is 2. The second-order valence-electron chi connectivity index (χ2n) is 7.90. The lowest BCUT2D eigenvalue weighted by Crippen LogP contribution is -2.48. The van der Waals surface area contributed by atoms with E-state index in [9.17, 15) is 9.59 Å². The van der Waals surface area contributed by atoms with Gasteiger partial charge in [-0.2, -0.15) is 0 Å². The van der Waals surface area contributed by atoms with Crippen LogP contribution in [0.25, 0.3) is 0 Å². The van der Waals surface area contributed by atoms with Gasteiger partial charge in [-0.25, -0.2) is 9.78 Å². The molecule has 2 aromatic rings. The number of aromatic nitrogens is 2. The van der Waals surface area contributed by atoms with Crippen LogP contribution >= 0.6 is 0 Å². The van der Waals surface area contributed by atoms with Crippen LogP contribution in [-0.2, 0) is 17.8 Å². The highest BCUT2D eigenvalue weighted by atomic mass is 16.2. The molecule has 0 aliphatic heterocycles. The number of benzene rings is 1. The van der Waals surface area contributed by atoms with E-state index in [1.54, 1.807) is 32.7 Å². The monoisotopic (exact) mass is 371 g/mol. The minimum atomic E-state index is -0.292. The van der Waals surface area contributed by atoms with Gasteiger partial charge < -0.3 is 20.1 Å². The Kier molecular flexibility index (Phi) is 6.60. The van der Waals surface area contributed by atoms with E-state index in [4.69, 9.17) is 0 Å². The molecule has 0 saturated heterocycles. The first-order valence-corrected chi connectivity index (χ1v) is 8.98. The molecule has 0 saturated carbocycles. The Balaban J connectivity index is 2.08. The molecule has 3 amide bonds. The molecule has 2 rings (SSSR count). The van der Waals surface area contributed by atoms with E-state index in [0.717, 1.165) is 5.56 Å². The van der Waals surface area contributed by atoms with E-state index in [1.807, 2.05) is 29.0 Å². The summed E-state index contributed by atoms with van der Waals surface area (Å²) in [6, 6.07) is 6.97. The van der Waals surface area contributed by atoms with E-state index in [2.05, 4.69) is 36.4 Å². The number of para-hydroxylation sites is 1. The Labute approximate surface area is 160 Å². The van der Waals surface area contributed by atoms with E-state index in [-0.39, 0.29) is 29.8 Å². The fraction of sp³-hybridized carbons (Fsp3) is 0.450. The van der Waals surface area contributed by atoms with E-state index < -0.39 is 0 Å². The number of hydrogen-bond donors (Lipinski definition) is 2. The molecule has 1 heterocycles. The number of rotatable bonds is 6. The predicted octanol–water partition coefficient (Wildman–Crippen LogP) is 2.75. The molecule has 27 heavy (non-hydrogen) atoms. The van der Waals surface area contributed by atoms with Gasteiger partial charge in [-0.15, -0.1) is 0 Å². The van der Waals surface area contributed by atoms with Gasteiger partial charge in [0.25, 0.3) is 0 Å². The van der Waals surface area contributed by atoms with Gasteiger partial charge in [0.2, 0.25) is 5.91 Å². The molecular formula is C20H29N5O2. The zero-order chi connectivity index (χ0) is 20.0. The maximum Gasteiger partial charge on any atom is 0.319 e. The van der Waals surface area contributed by atoms with E-state index in [0.29, 0.717) is 12.2 Å². The summed E-state index contributed by atoms with van der Waals surface area (Å²) in [4.78, 5) is 30.2. The van der Waals surface area contributed by atoms with Crippen LogP contribution in [0, 0.1) is 5.41 Å². The normalized spacial score (nSPS) is 12.3. The van der Waals surface area contributed by atoms with Crippen molar-refractivity contribution in [1.29, 1.82) is 0 Å². The first-order valence-electron chi connectivity index (χ1n) is 8.98. The molecule has 1 atom stereocenters. The van der Waals surface area contributed by atoms with Crippen LogP contribution in [0.3, 0.4) is 0 Å². The van der Waals surface area contributed by atoms with Gasteiger partial charge in [0.15, 0.2) is 0 Å². The standard InChI is InChI=1S/C20H29N5O2/c1-20(2,3)17(13-25-11-10-21-14-25)23-19(27)22-16-9-7-6-8-15(16)12-18(26)24(4)5/h6-11,14,17H,12-13H2,1-5H3,(H2,22,23,27). The van der Waals surface area contributed by atoms with Crippen LogP contribution in [0.4, 0.5) is 10.5 Å². The van der Waals surface area contributed by atoms with Crippen LogP contribution in [0.15, 0.2) is 43.0 Å². The molecule has 0 radical (unpaired) electrons. The first-order chi connectivity index (χ1) is 12.7.